The van der Waals surface area contributed by atoms with E-state index in [1.807, 2.05) is 0 Å². The summed E-state index contributed by atoms with van der Waals surface area (Å²) in [6, 6.07) is 10.1. The Balaban J connectivity index is 1.99. The summed E-state index contributed by atoms with van der Waals surface area (Å²) in [5.41, 5.74) is 2.82. The van der Waals surface area contributed by atoms with Gasteiger partial charge in [-0.25, -0.2) is 4.39 Å². The molecule has 1 aliphatic carbocycles. The van der Waals surface area contributed by atoms with Crippen LogP contribution in [0.25, 0.3) is 11.1 Å². The van der Waals surface area contributed by atoms with Crippen LogP contribution in [0.2, 0.25) is 0 Å². The third kappa shape index (κ3) is 2.91. The van der Waals surface area contributed by atoms with E-state index in [0.717, 1.165) is 24.7 Å². The zero-order valence-corrected chi connectivity index (χ0v) is 12.2. The summed E-state index contributed by atoms with van der Waals surface area (Å²) in [5.74, 6) is -0.648. The number of amides is 1. The van der Waals surface area contributed by atoms with E-state index in [2.05, 4.69) is 5.32 Å². The SMILES string of the molecule is Cc1c(F)cc(C(=O)NC2CC2)cc1-c1ccc(C=O)cc1. The molecule has 0 radical (unpaired) electrons. The minimum atomic E-state index is -0.405. The second-order valence-electron chi connectivity index (χ2n) is 5.62. The Labute approximate surface area is 128 Å². The Morgan fingerprint density at radius 3 is 2.50 bits per heavy atom. The van der Waals surface area contributed by atoms with E-state index in [-0.39, 0.29) is 11.9 Å². The zero-order chi connectivity index (χ0) is 15.7. The molecule has 0 spiro atoms. The van der Waals surface area contributed by atoms with Crippen molar-refractivity contribution in [2.45, 2.75) is 25.8 Å². The van der Waals surface area contributed by atoms with E-state index in [9.17, 15) is 14.0 Å². The molecule has 0 saturated heterocycles. The van der Waals surface area contributed by atoms with Crippen molar-refractivity contribution in [1.29, 1.82) is 0 Å². The van der Waals surface area contributed by atoms with Gasteiger partial charge in [-0.3, -0.25) is 9.59 Å². The van der Waals surface area contributed by atoms with Crippen LogP contribution in [-0.2, 0) is 0 Å². The Morgan fingerprint density at radius 2 is 1.91 bits per heavy atom. The molecule has 0 aromatic heterocycles. The van der Waals surface area contributed by atoms with Crippen molar-refractivity contribution in [3.63, 3.8) is 0 Å². The van der Waals surface area contributed by atoms with Gasteiger partial charge in [-0.2, -0.15) is 0 Å². The summed E-state index contributed by atoms with van der Waals surface area (Å²) in [4.78, 5) is 22.8. The smallest absolute Gasteiger partial charge is 0.251 e. The zero-order valence-electron chi connectivity index (χ0n) is 12.2. The normalized spacial score (nSPS) is 13.7. The second-order valence-corrected chi connectivity index (χ2v) is 5.62. The Kier molecular flexibility index (Phi) is 3.75. The lowest BCUT2D eigenvalue weighted by molar-refractivity contribution is 0.0950. The molecule has 0 unspecified atom stereocenters. The molecule has 2 aromatic rings. The maximum atomic E-state index is 14.1. The summed E-state index contributed by atoms with van der Waals surface area (Å²) in [7, 11) is 0. The number of hydrogen-bond donors (Lipinski definition) is 1. The predicted molar refractivity (Wildman–Crippen MR) is 82.4 cm³/mol. The number of aldehydes is 1. The first-order chi connectivity index (χ1) is 10.6. The minimum absolute atomic E-state index is 0.229. The fraction of sp³-hybridized carbons (Fsp3) is 0.222. The number of halogens is 1. The molecule has 22 heavy (non-hydrogen) atoms. The summed E-state index contributed by atoms with van der Waals surface area (Å²) >= 11 is 0. The second kappa shape index (κ2) is 5.72. The van der Waals surface area contributed by atoms with Gasteiger partial charge in [0.25, 0.3) is 5.91 Å². The molecule has 2 aromatic carbocycles. The molecule has 0 bridgehead atoms. The molecule has 1 fully saturated rings. The summed E-state index contributed by atoms with van der Waals surface area (Å²) in [6.45, 7) is 1.68. The van der Waals surface area contributed by atoms with Crippen LogP contribution >= 0.6 is 0 Å². The largest absolute Gasteiger partial charge is 0.349 e. The van der Waals surface area contributed by atoms with E-state index in [1.165, 1.54) is 6.07 Å². The van der Waals surface area contributed by atoms with Crippen LogP contribution in [0.5, 0.6) is 0 Å². The van der Waals surface area contributed by atoms with Crippen LogP contribution in [0.4, 0.5) is 4.39 Å². The van der Waals surface area contributed by atoms with Crippen molar-refractivity contribution >= 4 is 12.2 Å². The van der Waals surface area contributed by atoms with E-state index in [1.54, 1.807) is 37.3 Å². The van der Waals surface area contributed by atoms with Gasteiger partial charge < -0.3 is 5.32 Å². The highest BCUT2D eigenvalue weighted by molar-refractivity contribution is 5.96. The summed E-state index contributed by atoms with van der Waals surface area (Å²) in [5, 5.41) is 2.86. The van der Waals surface area contributed by atoms with Crippen molar-refractivity contribution in [2.24, 2.45) is 0 Å². The van der Waals surface area contributed by atoms with Gasteiger partial charge in [-0.05, 0) is 48.6 Å². The highest BCUT2D eigenvalue weighted by Gasteiger charge is 2.24. The minimum Gasteiger partial charge on any atom is -0.349 e. The first kappa shape index (κ1) is 14.4. The molecule has 1 amide bonds. The van der Waals surface area contributed by atoms with Gasteiger partial charge in [0.05, 0.1) is 0 Å². The topological polar surface area (TPSA) is 46.2 Å². The lowest BCUT2D eigenvalue weighted by Gasteiger charge is -2.11. The number of carbonyl (C=O) groups is 2. The molecular weight excluding hydrogens is 281 g/mol. The third-order valence-electron chi connectivity index (χ3n) is 3.88. The molecular formula is C18H16FNO2. The first-order valence-electron chi connectivity index (χ1n) is 7.25. The van der Waals surface area contributed by atoms with Crippen LogP contribution < -0.4 is 5.32 Å². The van der Waals surface area contributed by atoms with Crippen LogP contribution in [0, 0.1) is 12.7 Å². The predicted octanol–water partition coefficient (Wildman–Crippen LogP) is 3.51. The van der Waals surface area contributed by atoms with Crippen molar-refractivity contribution < 1.29 is 14.0 Å². The van der Waals surface area contributed by atoms with Gasteiger partial charge >= 0.3 is 0 Å². The lowest BCUT2D eigenvalue weighted by atomic mass is 9.96. The maximum absolute atomic E-state index is 14.1. The van der Waals surface area contributed by atoms with E-state index < -0.39 is 5.82 Å². The number of rotatable bonds is 4. The monoisotopic (exact) mass is 297 g/mol. The number of hydrogen-bond acceptors (Lipinski definition) is 2. The fourth-order valence-electron chi connectivity index (χ4n) is 2.35. The Bertz CT molecular complexity index is 733. The quantitative estimate of drug-likeness (QED) is 0.878. The average Bonchev–Trinajstić information content (AvgIpc) is 3.34. The standard InChI is InChI=1S/C18H16FNO2/c1-11-16(13-4-2-12(10-21)3-5-13)8-14(9-17(11)19)18(22)20-15-6-7-15/h2-5,8-10,15H,6-7H2,1H3,(H,20,22). The van der Waals surface area contributed by atoms with E-state index in [4.69, 9.17) is 0 Å². The van der Waals surface area contributed by atoms with Crippen LogP contribution in [0.15, 0.2) is 36.4 Å². The summed E-state index contributed by atoms with van der Waals surface area (Å²) in [6.07, 6.45) is 2.73. The molecule has 1 saturated carbocycles. The average molecular weight is 297 g/mol. The molecule has 112 valence electrons. The van der Waals surface area contributed by atoms with Gasteiger partial charge in [-0.1, -0.05) is 24.3 Å². The fourth-order valence-corrected chi connectivity index (χ4v) is 2.35. The first-order valence-corrected chi connectivity index (χ1v) is 7.25. The van der Waals surface area contributed by atoms with Crippen molar-refractivity contribution in [3.05, 3.63) is 58.9 Å². The van der Waals surface area contributed by atoms with Gasteiger partial charge in [0.15, 0.2) is 0 Å². The molecule has 4 heteroatoms. The van der Waals surface area contributed by atoms with Gasteiger partial charge in [-0.15, -0.1) is 0 Å². The van der Waals surface area contributed by atoms with E-state index >= 15 is 0 Å². The van der Waals surface area contributed by atoms with Crippen LogP contribution in [0.1, 0.15) is 39.1 Å². The highest BCUT2D eigenvalue weighted by Crippen LogP contribution is 2.28. The van der Waals surface area contributed by atoms with Crippen molar-refractivity contribution in [2.75, 3.05) is 0 Å². The molecule has 0 aliphatic heterocycles. The van der Waals surface area contributed by atoms with Crippen molar-refractivity contribution in [1.82, 2.24) is 5.32 Å². The molecule has 3 rings (SSSR count). The third-order valence-corrected chi connectivity index (χ3v) is 3.88. The molecule has 0 atom stereocenters. The van der Waals surface area contributed by atoms with E-state index in [0.29, 0.717) is 22.3 Å². The van der Waals surface area contributed by atoms with Crippen LogP contribution in [-0.4, -0.2) is 18.2 Å². The highest BCUT2D eigenvalue weighted by atomic mass is 19.1. The molecule has 1 N–H and O–H groups in total. The lowest BCUT2D eigenvalue weighted by Crippen LogP contribution is -2.25. The summed E-state index contributed by atoms with van der Waals surface area (Å²) < 4.78 is 14.1. The van der Waals surface area contributed by atoms with Gasteiger partial charge in [0.1, 0.15) is 12.1 Å². The maximum Gasteiger partial charge on any atom is 0.251 e. The number of carbonyl (C=O) groups excluding carboxylic acids is 2. The Hall–Kier alpha value is -2.49. The van der Waals surface area contributed by atoms with Gasteiger partial charge in [0.2, 0.25) is 0 Å². The molecule has 3 nitrogen and oxygen atoms in total. The Morgan fingerprint density at radius 1 is 1.23 bits per heavy atom. The number of nitrogens with one attached hydrogen (secondary N) is 1. The molecule has 1 aliphatic rings. The van der Waals surface area contributed by atoms with Crippen molar-refractivity contribution in [3.8, 4) is 11.1 Å². The van der Waals surface area contributed by atoms with Crippen LogP contribution in [0.3, 0.4) is 0 Å². The molecule has 0 heterocycles. The number of benzene rings is 2. The van der Waals surface area contributed by atoms with Gasteiger partial charge in [0, 0.05) is 17.2 Å².